The summed E-state index contributed by atoms with van der Waals surface area (Å²) in [6.45, 7) is 0.751. The van der Waals surface area contributed by atoms with Crippen molar-refractivity contribution in [3.63, 3.8) is 0 Å². The van der Waals surface area contributed by atoms with Crippen molar-refractivity contribution in [3.05, 3.63) is 53.6 Å². The summed E-state index contributed by atoms with van der Waals surface area (Å²) >= 11 is 1.87. The summed E-state index contributed by atoms with van der Waals surface area (Å²) in [5, 5.41) is 0. The van der Waals surface area contributed by atoms with Crippen molar-refractivity contribution in [2.45, 2.75) is 12.2 Å². The lowest BCUT2D eigenvalue weighted by molar-refractivity contribution is 1.02. The molecule has 0 bridgehead atoms. The lowest BCUT2D eigenvalue weighted by atomic mass is 10.1. The zero-order valence-electron chi connectivity index (χ0n) is 9.73. The van der Waals surface area contributed by atoms with Crippen LogP contribution in [-0.2, 0) is 12.2 Å². The van der Waals surface area contributed by atoms with Gasteiger partial charge in [0.15, 0.2) is 0 Å². The van der Waals surface area contributed by atoms with Crippen molar-refractivity contribution in [1.29, 1.82) is 0 Å². The molecule has 1 heterocycles. The van der Waals surface area contributed by atoms with Gasteiger partial charge in [-0.25, -0.2) is 4.98 Å². The van der Waals surface area contributed by atoms with E-state index in [1.807, 2.05) is 18.0 Å². The minimum Gasteiger partial charge on any atom is -0.348 e. The molecule has 0 amide bonds. The molecule has 2 rings (SSSR count). The second kappa shape index (κ2) is 6.47. The fraction of sp³-hybridized carbons (Fsp3) is 0.308. The molecule has 0 unspecified atom stereocenters. The summed E-state index contributed by atoms with van der Waals surface area (Å²) in [5.41, 5.74) is 8.10. The quantitative estimate of drug-likeness (QED) is 0.769. The Kier molecular flexibility index (Phi) is 4.64. The first-order valence-corrected chi connectivity index (χ1v) is 6.88. The molecular formula is C13H17N3S. The number of nitrogens with zero attached hydrogens (tertiary/aromatic N) is 1. The van der Waals surface area contributed by atoms with Crippen LogP contribution in [0.5, 0.6) is 0 Å². The van der Waals surface area contributed by atoms with Crippen LogP contribution in [-0.4, -0.2) is 22.3 Å². The van der Waals surface area contributed by atoms with E-state index in [2.05, 4.69) is 34.2 Å². The topological polar surface area (TPSA) is 54.7 Å². The number of rotatable bonds is 6. The highest BCUT2D eigenvalue weighted by Crippen LogP contribution is 2.13. The van der Waals surface area contributed by atoms with Crippen molar-refractivity contribution < 1.29 is 0 Å². The van der Waals surface area contributed by atoms with Gasteiger partial charge in [0.25, 0.3) is 0 Å². The lowest BCUT2D eigenvalue weighted by Crippen LogP contribution is -2.01. The molecule has 0 saturated carbocycles. The Bertz CT molecular complexity index is 422. The van der Waals surface area contributed by atoms with E-state index in [4.69, 9.17) is 5.73 Å². The van der Waals surface area contributed by atoms with Gasteiger partial charge >= 0.3 is 0 Å². The van der Waals surface area contributed by atoms with Gasteiger partial charge in [0.05, 0.1) is 0 Å². The summed E-state index contributed by atoms with van der Waals surface area (Å²) in [6.07, 6.45) is 4.50. The average molecular weight is 247 g/mol. The number of thioether (sulfide) groups is 1. The second-order valence-electron chi connectivity index (χ2n) is 3.87. The SMILES string of the molecule is NCCSCc1ccc(Cc2ncc[nH]2)cc1. The molecule has 4 heteroatoms. The first-order chi connectivity index (χ1) is 8.38. The number of benzene rings is 1. The number of hydrogen-bond donors (Lipinski definition) is 2. The highest BCUT2D eigenvalue weighted by Gasteiger charge is 1.98. The maximum Gasteiger partial charge on any atom is 0.110 e. The van der Waals surface area contributed by atoms with Crippen LogP contribution in [0.2, 0.25) is 0 Å². The van der Waals surface area contributed by atoms with Crippen LogP contribution in [0.1, 0.15) is 17.0 Å². The third-order valence-corrected chi connectivity index (χ3v) is 3.54. The van der Waals surface area contributed by atoms with Gasteiger partial charge in [-0.3, -0.25) is 0 Å². The maximum absolute atomic E-state index is 5.46. The molecule has 1 aromatic heterocycles. The van der Waals surface area contributed by atoms with Crippen LogP contribution < -0.4 is 5.73 Å². The van der Waals surface area contributed by atoms with Crippen LogP contribution in [0.3, 0.4) is 0 Å². The standard InChI is InChI=1S/C13H17N3S/c14-5-8-17-10-12-3-1-11(2-4-12)9-13-15-6-7-16-13/h1-4,6-7H,5,8-10,14H2,(H,15,16). The van der Waals surface area contributed by atoms with E-state index in [0.29, 0.717) is 0 Å². The molecule has 90 valence electrons. The minimum absolute atomic E-state index is 0.751. The molecular weight excluding hydrogens is 230 g/mol. The Balaban J connectivity index is 1.89. The number of nitrogens with two attached hydrogens (primary N) is 1. The number of aromatic amines is 1. The van der Waals surface area contributed by atoms with E-state index in [-0.39, 0.29) is 0 Å². The molecule has 3 N–H and O–H groups in total. The molecule has 0 aliphatic carbocycles. The largest absolute Gasteiger partial charge is 0.348 e. The fourth-order valence-electron chi connectivity index (χ4n) is 1.61. The fourth-order valence-corrected chi connectivity index (χ4v) is 2.35. The third kappa shape index (κ3) is 3.91. The summed E-state index contributed by atoms with van der Waals surface area (Å²) in [7, 11) is 0. The van der Waals surface area contributed by atoms with Gasteiger partial charge < -0.3 is 10.7 Å². The van der Waals surface area contributed by atoms with E-state index in [1.54, 1.807) is 6.20 Å². The van der Waals surface area contributed by atoms with Gasteiger partial charge in [0.1, 0.15) is 5.82 Å². The molecule has 17 heavy (non-hydrogen) atoms. The van der Waals surface area contributed by atoms with Gasteiger partial charge in [-0.15, -0.1) is 0 Å². The van der Waals surface area contributed by atoms with E-state index in [1.165, 1.54) is 11.1 Å². The van der Waals surface area contributed by atoms with Gasteiger partial charge in [0, 0.05) is 36.9 Å². The second-order valence-corrected chi connectivity index (χ2v) is 4.98. The Morgan fingerprint density at radius 3 is 2.59 bits per heavy atom. The van der Waals surface area contributed by atoms with Crippen molar-refractivity contribution >= 4 is 11.8 Å². The Labute approximate surface area is 106 Å². The maximum atomic E-state index is 5.46. The smallest absolute Gasteiger partial charge is 0.110 e. The minimum atomic E-state index is 0.751. The molecule has 0 aliphatic heterocycles. The third-order valence-electron chi connectivity index (χ3n) is 2.48. The molecule has 1 aromatic carbocycles. The van der Waals surface area contributed by atoms with Crippen molar-refractivity contribution in [1.82, 2.24) is 9.97 Å². The van der Waals surface area contributed by atoms with E-state index in [0.717, 1.165) is 30.3 Å². The van der Waals surface area contributed by atoms with Gasteiger partial charge in [-0.1, -0.05) is 24.3 Å². The van der Waals surface area contributed by atoms with Crippen LogP contribution >= 0.6 is 11.8 Å². The van der Waals surface area contributed by atoms with Crippen LogP contribution in [0.25, 0.3) is 0 Å². The molecule has 3 nitrogen and oxygen atoms in total. The molecule has 0 aliphatic rings. The molecule has 0 atom stereocenters. The lowest BCUT2D eigenvalue weighted by Gasteiger charge is -2.03. The Hall–Kier alpha value is -1.26. The zero-order valence-corrected chi connectivity index (χ0v) is 10.5. The summed E-state index contributed by atoms with van der Waals surface area (Å²) in [4.78, 5) is 7.33. The Morgan fingerprint density at radius 2 is 1.94 bits per heavy atom. The van der Waals surface area contributed by atoms with Crippen molar-refractivity contribution in [3.8, 4) is 0 Å². The summed E-state index contributed by atoms with van der Waals surface area (Å²) < 4.78 is 0. The molecule has 2 aromatic rings. The molecule has 0 fully saturated rings. The van der Waals surface area contributed by atoms with Crippen LogP contribution in [0.4, 0.5) is 0 Å². The predicted octanol–water partition coefficient (Wildman–Crippen LogP) is 2.19. The number of aromatic nitrogens is 2. The number of nitrogens with one attached hydrogen (secondary N) is 1. The van der Waals surface area contributed by atoms with Crippen LogP contribution in [0, 0.1) is 0 Å². The van der Waals surface area contributed by atoms with E-state index >= 15 is 0 Å². The molecule has 0 saturated heterocycles. The molecule has 0 spiro atoms. The van der Waals surface area contributed by atoms with Gasteiger partial charge in [0.2, 0.25) is 0 Å². The summed E-state index contributed by atoms with van der Waals surface area (Å²) in [5.74, 6) is 3.07. The van der Waals surface area contributed by atoms with E-state index in [9.17, 15) is 0 Å². The summed E-state index contributed by atoms with van der Waals surface area (Å²) in [6, 6.07) is 8.70. The van der Waals surface area contributed by atoms with E-state index < -0.39 is 0 Å². The highest BCUT2D eigenvalue weighted by molar-refractivity contribution is 7.98. The normalized spacial score (nSPS) is 10.6. The first-order valence-electron chi connectivity index (χ1n) is 5.72. The average Bonchev–Trinajstić information content (AvgIpc) is 2.85. The monoisotopic (exact) mass is 247 g/mol. The first kappa shape index (κ1) is 12.2. The van der Waals surface area contributed by atoms with Gasteiger partial charge in [-0.05, 0) is 11.1 Å². The Morgan fingerprint density at radius 1 is 1.18 bits per heavy atom. The number of H-pyrrole nitrogens is 1. The predicted molar refractivity (Wildman–Crippen MR) is 73.1 cm³/mol. The van der Waals surface area contributed by atoms with Crippen molar-refractivity contribution in [2.24, 2.45) is 5.73 Å². The number of imidazole rings is 1. The van der Waals surface area contributed by atoms with Gasteiger partial charge in [-0.2, -0.15) is 11.8 Å². The zero-order chi connectivity index (χ0) is 11.9. The molecule has 0 radical (unpaired) electrons. The van der Waals surface area contributed by atoms with Crippen molar-refractivity contribution in [2.75, 3.05) is 12.3 Å². The van der Waals surface area contributed by atoms with Crippen LogP contribution in [0.15, 0.2) is 36.7 Å². The number of hydrogen-bond acceptors (Lipinski definition) is 3. The highest BCUT2D eigenvalue weighted by atomic mass is 32.2.